The fraction of sp³-hybridized carbons (Fsp3) is 0.385. The normalized spacial score (nSPS) is 10.2. The number of aliphatic hydroxyl groups is 1. The molecule has 1 rings (SSSR count). The average Bonchev–Trinajstić information content (AvgIpc) is 2.38. The molecule has 1 amide bonds. The molecule has 0 atom stereocenters. The molecule has 0 aliphatic heterocycles. The first-order valence-corrected chi connectivity index (χ1v) is 6.30. The summed E-state index contributed by atoms with van der Waals surface area (Å²) in [5, 5.41) is 17.8. The maximum atomic E-state index is 12.3. The number of benzene rings is 1. The molecule has 6 heteroatoms. The number of aliphatic carboxylic acids is 1. The van der Waals surface area contributed by atoms with Gasteiger partial charge < -0.3 is 15.1 Å². The maximum absolute atomic E-state index is 12.3. The zero-order valence-electron chi connectivity index (χ0n) is 10.4. The lowest BCUT2D eigenvalue weighted by Crippen LogP contribution is -2.34. The van der Waals surface area contributed by atoms with E-state index < -0.39 is 5.97 Å². The van der Waals surface area contributed by atoms with Crippen molar-refractivity contribution in [3.05, 3.63) is 34.9 Å². The molecule has 1 aromatic carbocycles. The predicted octanol–water partition coefficient (Wildman–Crippen LogP) is 1.64. The van der Waals surface area contributed by atoms with E-state index in [1.807, 2.05) is 0 Å². The highest BCUT2D eigenvalue weighted by Crippen LogP contribution is 2.17. The van der Waals surface area contributed by atoms with Gasteiger partial charge in [0.15, 0.2) is 0 Å². The number of carboxylic acids is 1. The van der Waals surface area contributed by atoms with Crippen molar-refractivity contribution in [2.75, 3.05) is 19.7 Å². The molecule has 0 spiro atoms. The third-order valence-corrected chi connectivity index (χ3v) is 2.90. The van der Waals surface area contributed by atoms with E-state index in [1.54, 1.807) is 24.3 Å². The van der Waals surface area contributed by atoms with E-state index in [4.69, 9.17) is 21.8 Å². The Morgan fingerprint density at radius 3 is 2.47 bits per heavy atom. The van der Waals surface area contributed by atoms with Crippen molar-refractivity contribution >= 4 is 23.5 Å². The van der Waals surface area contributed by atoms with Crippen molar-refractivity contribution in [3.8, 4) is 0 Å². The first-order valence-electron chi connectivity index (χ1n) is 5.92. The SMILES string of the molecule is O=C(O)CCN(CCCO)C(=O)c1ccccc1Cl. The summed E-state index contributed by atoms with van der Waals surface area (Å²) in [6.07, 6.45) is 0.261. The van der Waals surface area contributed by atoms with E-state index in [1.165, 1.54) is 4.90 Å². The van der Waals surface area contributed by atoms with Crippen LogP contribution in [-0.4, -0.2) is 46.7 Å². The fourth-order valence-corrected chi connectivity index (χ4v) is 1.83. The summed E-state index contributed by atoms with van der Waals surface area (Å²) < 4.78 is 0. The van der Waals surface area contributed by atoms with E-state index >= 15 is 0 Å². The molecular formula is C13H16ClNO4. The van der Waals surface area contributed by atoms with Gasteiger partial charge in [-0.2, -0.15) is 0 Å². The van der Waals surface area contributed by atoms with Crippen molar-refractivity contribution in [3.63, 3.8) is 0 Å². The molecule has 0 aliphatic carbocycles. The molecule has 0 aliphatic rings. The highest BCUT2D eigenvalue weighted by molar-refractivity contribution is 6.33. The van der Waals surface area contributed by atoms with Gasteiger partial charge in [-0.15, -0.1) is 0 Å². The summed E-state index contributed by atoms with van der Waals surface area (Å²) >= 11 is 5.95. The minimum atomic E-state index is -0.971. The number of hydrogen-bond acceptors (Lipinski definition) is 3. The lowest BCUT2D eigenvalue weighted by molar-refractivity contribution is -0.137. The molecule has 0 saturated carbocycles. The van der Waals surface area contributed by atoms with E-state index in [9.17, 15) is 9.59 Å². The highest BCUT2D eigenvalue weighted by atomic mass is 35.5. The quantitative estimate of drug-likeness (QED) is 0.798. The van der Waals surface area contributed by atoms with Crippen LogP contribution in [0.2, 0.25) is 5.02 Å². The van der Waals surface area contributed by atoms with Crippen LogP contribution in [0.1, 0.15) is 23.2 Å². The summed E-state index contributed by atoms with van der Waals surface area (Å²) in [4.78, 5) is 24.2. The first kappa shape index (κ1) is 15.5. The first-order chi connectivity index (χ1) is 9.06. The van der Waals surface area contributed by atoms with E-state index in [-0.39, 0.29) is 25.5 Å². The van der Waals surface area contributed by atoms with Crippen molar-refractivity contribution < 1.29 is 19.8 Å². The lowest BCUT2D eigenvalue weighted by Gasteiger charge is -2.22. The van der Waals surface area contributed by atoms with Crippen LogP contribution < -0.4 is 0 Å². The Hall–Kier alpha value is -1.59. The van der Waals surface area contributed by atoms with Gasteiger partial charge in [-0.1, -0.05) is 23.7 Å². The Kier molecular flexibility index (Phi) is 6.32. The van der Waals surface area contributed by atoms with Crippen LogP contribution in [0.4, 0.5) is 0 Å². The van der Waals surface area contributed by atoms with Crippen LogP contribution >= 0.6 is 11.6 Å². The summed E-state index contributed by atoms with van der Waals surface area (Å²) in [6.45, 7) is 0.340. The van der Waals surface area contributed by atoms with Crippen LogP contribution in [0.5, 0.6) is 0 Å². The molecule has 1 aromatic rings. The topological polar surface area (TPSA) is 77.8 Å². The van der Waals surface area contributed by atoms with Crippen LogP contribution in [0, 0.1) is 0 Å². The number of carbonyl (C=O) groups excluding carboxylic acids is 1. The molecular weight excluding hydrogens is 270 g/mol. The van der Waals surface area contributed by atoms with Crippen LogP contribution in [0.25, 0.3) is 0 Å². The second kappa shape index (κ2) is 7.76. The number of carboxylic acid groups (broad SMARTS) is 1. The van der Waals surface area contributed by atoms with Gasteiger partial charge >= 0.3 is 5.97 Å². The molecule has 5 nitrogen and oxygen atoms in total. The number of rotatable bonds is 7. The standard InChI is InChI=1S/C13H16ClNO4/c14-11-5-2-1-4-10(11)13(19)15(7-3-9-16)8-6-12(17)18/h1-2,4-5,16H,3,6-9H2,(H,17,18). The maximum Gasteiger partial charge on any atom is 0.305 e. The van der Waals surface area contributed by atoms with Crippen LogP contribution in [0.15, 0.2) is 24.3 Å². The minimum Gasteiger partial charge on any atom is -0.481 e. The van der Waals surface area contributed by atoms with Gasteiger partial charge in [-0.05, 0) is 18.6 Å². The molecule has 0 radical (unpaired) electrons. The number of aliphatic hydroxyl groups excluding tert-OH is 1. The van der Waals surface area contributed by atoms with Gasteiger partial charge in [0.25, 0.3) is 5.91 Å². The highest BCUT2D eigenvalue weighted by Gasteiger charge is 2.18. The molecule has 104 valence electrons. The summed E-state index contributed by atoms with van der Waals surface area (Å²) in [5.74, 6) is -1.29. The van der Waals surface area contributed by atoms with Crippen molar-refractivity contribution in [1.82, 2.24) is 4.90 Å². The smallest absolute Gasteiger partial charge is 0.305 e. The molecule has 0 aromatic heterocycles. The number of carbonyl (C=O) groups is 2. The molecule has 0 bridgehead atoms. The van der Waals surface area contributed by atoms with Gasteiger partial charge in [-0.25, -0.2) is 0 Å². The summed E-state index contributed by atoms with van der Waals surface area (Å²) in [5.41, 5.74) is 0.340. The third kappa shape index (κ3) is 4.89. The summed E-state index contributed by atoms with van der Waals surface area (Å²) in [6, 6.07) is 6.61. The molecule has 0 heterocycles. The van der Waals surface area contributed by atoms with Gasteiger partial charge in [0.1, 0.15) is 0 Å². The fourth-order valence-electron chi connectivity index (χ4n) is 1.61. The minimum absolute atomic E-state index is 0.0562. The Balaban J connectivity index is 2.81. The van der Waals surface area contributed by atoms with Crippen LogP contribution in [-0.2, 0) is 4.79 Å². The largest absolute Gasteiger partial charge is 0.481 e. The molecule has 2 N–H and O–H groups in total. The molecule has 0 saturated heterocycles. The summed E-state index contributed by atoms with van der Waals surface area (Å²) in [7, 11) is 0. The van der Waals surface area contributed by atoms with Gasteiger partial charge in [0.05, 0.1) is 17.0 Å². The zero-order chi connectivity index (χ0) is 14.3. The Bertz CT molecular complexity index is 450. The second-order valence-corrected chi connectivity index (χ2v) is 4.40. The van der Waals surface area contributed by atoms with E-state index in [2.05, 4.69) is 0 Å². The monoisotopic (exact) mass is 285 g/mol. The number of hydrogen-bond donors (Lipinski definition) is 2. The Labute approximate surface area is 116 Å². The molecule has 19 heavy (non-hydrogen) atoms. The van der Waals surface area contributed by atoms with Crippen molar-refractivity contribution in [2.45, 2.75) is 12.8 Å². The lowest BCUT2D eigenvalue weighted by atomic mass is 10.2. The molecule has 0 unspecified atom stereocenters. The van der Waals surface area contributed by atoms with E-state index in [0.717, 1.165) is 0 Å². The average molecular weight is 286 g/mol. The zero-order valence-corrected chi connectivity index (χ0v) is 11.1. The number of amides is 1. The van der Waals surface area contributed by atoms with Gasteiger partial charge in [-0.3, -0.25) is 9.59 Å². The molecule has 0 fully saturated rings. The Morgan fingerprint density at radius 1 is 1.21 bits per heavy atom. The van der Waals surface area contributed by atoms with Crippen LogP contribution in [0.3, 0.4) is 0 Å². The van der Waals surface area contributed by atoms with Crippen molar-refractivity contribution in [1.29, 1.82) is 0 Å². The second-order valence-electron chi connectivity index (χ2n) is 3.99. The van der Waals surface area contributed by atoms with Gasteiger partial charge in [0.2, 0.25) is 0 Å². The van der Waals surface area contributed by atoms with Gasteiger partial charge in [0, 0.05) is 19.7 Å². The third-order valence-electron chi connectivity index (χ3n) is 2.57. The predicted molar refractivity (Wildman–Crippen MR) is 71.3 cm³/mol. The number of nitrogens with zero attached hydrogens (tertiary/aromatic N) is 1. The van der Waals surface area contributed by atoms with E-state index in [0.29, 0.717) is 23.6 Å². The van der Waals surface area contributed by atoms with Crippen molar-refractivity contribution in [2.24, 2.45) is 0 Å². The Morgan fingerprint density at radius 2 is 1.89 bits per heavy atom. The number of halogens is 1.